The zero-order valence-corrected chi connectivity index (χ0v) is 19.8. The summed E-state index contributed by atoms with van der Waals surface area (Å²) in [7, 11) is 4.80. The predicted octanol–water partition coefficient (Wildman–Crippen LogP) is 3.85. The molecule has 1 saturated heterocycles. The molecular formula is C26H32N2O5. The maximum Gasteiger partial charge on any atom is 0.217 e. The molecule has 0 spiro atoms. The highest BCUT2D eigenvalue weighted by atomic mass is 16.5. The average Bonchev–Trinajstić information content (AvgIpc) is 3.07. The zero-order valence-electron chi connectivity index (χ0n) is 19.8. The lowest BCUT2D eigenvalue weighted by atomic mass is 9.95. The maximum absolute atomic E-state index is 13.2. The Balaban J connectivity index is 2.04. The number of piperidine rings is 1. The minimum Gasteiger partial charge on any atom is -0.493 e. The van der Waals surface area contributed by atoms with Crippen LogP contribution in [0.3, 0.4) is 0 Å². The number of carbonyl (C=O) groups excluding carboxylic acids is 1. The summed E-state index contributed by atoms with van der Waals surface area (Å²) in [6, 6.07) is 7.22. The van der Waals surface area contributed by atoms with Crippen LogP contribution in [-0.2, 0) is 11.2 Å². The van der Waals surface area contributed by atoms with Crippen molar-refractivity contribution < 1.29 is 19.0 Å². The van der Waals surface area contributed by atoms with E-state index in [4.69, 9.17) is 14.2 Å². The summed E-state index contributed by atoms with van der Waals surface area (Å²) in [5.41, 5.74) is 4.35. The number of carbonyl (C=O) groups is 1. The molecule has 0 bridgehead atoms. The van der Waals surface area contributed by atoms with E-state index in [2.05, 4.69) is 10.2 Å². The lowest BCUT2D eigenvalue weighted by Crippen LogP contribution is -2.32. The first-order chi connectivity index (χ1) is 16.0. The van der Waals surface area contributed by atoms with Crippen LogP contribution in [-0.4, -0.2) is 40.3 Å². The molecule has 1 aliphatic heterocycles. The van der Waals surface area contributed by atoms with Crippen LogP contribution in [0.15, 0.2) is 29.1 Å². The van der Waals surface area contributed by atoms with Crippen molar-refractivity contribution in [3.8, 4) is 28.4 Å². The van der Waals surface area contributed by atoms with Crippen LogP contribution in [0.4, 0.5) is 5.69 Å². The van der Waals surface area contributed by atoms with E-state index in [1.807, 2.05) is 18.2 Å². The first-order valence-electron chi connectivity index (χ1n) is 11.5. The maximum atomic E-state index is 13.2. The molecule has 1 atom stereocenters. The number of rotatable bonds is 5. The fourth-order valence-electron chi connectivity index (χ4n) is 5.08. The first kappa shape index (κ1) is 23.0. The third-order valence-corrected chi connectivity index (χ3v) is 6.59. The Morgan fingerprint density at radius 1 is 1.00 bits per heavy atom. The van der Waals surface area contributed by atoms with E-state index in [1.54, 1.807) is 27.4 Å². The fourth-order valence-corrected chi connectivity index (χ4v) is 5.08. The van der Waals surface area contributed by atoms with E-state index >= 15 is 0 Å². The molecule has 4 rings (SSSR count). The topological polar surface area (TPSA) is 77.1 Å². The van der Waals surface area contributed by atoms with Crippen LogP contribution >= 0.6 is 0 Å². The number of benzene rings is 1. The van der Waals surface area contributed by atoms with Gasteiger partial charge in [0.2, 0.25) is 17.1 Å². The van der Waals surface area contributed by atoms with E-state index in [-0.39, 0.29) is 17.4 Å². The molecule has 2 aromatic rings. The van der Waals surface area contributed by atoms with Crippen molar-refractivity contribution in [3.63, 3.8) is 0 Å². The van der Waals surface area contributed by atoms with Gasteiger partial charge in [-0.05, 0) is 67.0 Å². The van der Waals surface area contributed by atoms with Gasteiger partial charge in [0.05, 0.1) is 33.1 Å². The van der Waals surface area contributed by atoms with Gasteiger partial charge < -0.3 is 24.4 Å². The lowest BCUT2D eigenvalue weighted by Gasteiger charge is -2.28. The van der Waals surface area contributed by atoms with Crippen LogP contribution in [0.5, 0.6) is 17.2 Å². The van der Waals surface area contributed by atoms with Gasteiger partial charge in [-0.2, -0.15) is 0 Å². The molecule has 176 valence electrons. The Morgan fingerprint density at radius 3 is 2.36 bits per heavy atom. The highest BCUT2D eigenvalue weighted by Crippen LogP contribution is 2.50. The van der Waals surface area contributed by atoms with Crippen molar-refractivity contribution in [1.29, 1.82) is 0 Å². The van der Waals surface area contributed by atoms with Gasteiger partial charge in [0.1, 0.15) is 0 Å². The summed E-state index contributed by atoms with van der Waals surface area (Å²) >= 11 is 0. The molecule has 2 aliphatic rings. The van der Waals surface area contributed by atoms with Gasteiger partial charge in [-0.25, -0.2) is 0 Å². The molecule has 1 N–H and O–H groups in total. The summed E-state index contributed by atoms with van der Waals surface area (Å²) < 4.78 is 17.1. The Kier molecular flexibility index (Phi) is 6.77. The monoisotopic (exact) mass is 452 g/mol. The van der Waals surface area contributed by atoms with E-state index in [9.17, 15) is 9.59 Å². The van der Waals surface area contributed by atoms with Crippen LogP contribution in [0.25, 0.3) is 11.1 Å². The second-order valence-electron chi connectivity index (χ2n) is 8.62. The smallest absolute Gasteiger partial charge is 0.217 e. The number of fused-ring (bicyclic) bond motifs is 3. The SMILES string of the molecule is COc1cc2c(c(OC)c1OC)-c1cc(N3CCCCC3)c(=O)ccc1C(NC(C)=O)CC2. The molecule has 7 nitrogen and oxygen atoms in total. The van der Waals surface area contributed by atoms with Crippen LogP contribution < -0.4 is 29.9 Å². The van der Waals surface area contributed by atoms with Crippen LogP contribution in [0.2, 0.25) is 0 Å². The average molecular weight is 453 g/mol. The standard InChI is InChI=1S/C26H32N2O5/c1-16(29)27-20-10-8-17-14-23(31-2)25(32-3)26(33-4)24(17)19-15-21(22(30)11-9-18(19)20)28-12-6-5-7-13-28/h9,11,14-15,20H,5-8,10,12-13H2,1-4H3,(H,27,29). The number of amides is 1. The van der Waals surface area contributed by atoms with Crippen LogP contribution in [0.1, 0.15) is 49.8 Å². The summed E-state index contributed by atoms with van der Waals surface area (Å²) in [5, 5.41) is 3.08. The van der Waals surface area contributed by atoms with Crippen molar-refractivity contribution in [3.05, 3.63) is 45.6 Å². The highest BCUT2D eigenvalue weighted by Gasteiger charge is 2.30. The van der Waals surface area contributed by atoms with Gasteiger partial charge in [0.15, 0.2) is 11.5 Å². The van der Waals surface area contributed by atoms with Crippen molar-refractivity contribution in [2.24, 2.45) is 0 Å². The molecule has 33 heavy (non-hydrogen) atoms. The molecule has 2 aromatic carbocycles. The number of hydrogen-bond donors (Lipinski definition) is 1. The quantitative estimate of drug-likeness (QED) is 0.743. The Morgan fingerprint density at radius 2 is 1.73 bits per heavy atom. The second-order valence-corrected chi connectivity index (χ2v) is 8.62. The highest BCUT2D eigenvalue weighted by molar-refractivity contribution is 5.84. The second kappa shape index (κ2) is 9.73. The predicted molar refractivity (Wildman–Crippen MR) is 129 cm³/mol. The Bertz CT molecular complexity index is 1110. The number of methoxy groups -OCH3 is 3. The molecule has 0 radical (unpaired) electrons. The van der Waals surface area contributed by atoms with Crippen molar-refractivity contribution in [2.75, 3.05) is 39.3 Å². The first-order valence-corrected chi connectivity index (χ1v) is 11.5. The third-order valence-electron chi connectivity index (χ3n) is 6.59. The summed E-state index contributed by atoms with van der Waals surface area (Å²) in [6.45, 7) is 3.24. The fraction of sp³-hybridized carbons (Fsp3) is 0.462. The molecule has 7 heteroatoms. The van der Waals surface area contributed by atoms with Gasteiger partial charge in [0.25, 0.3) is 0 Å². The van der Waals surface area contributed by atoms with Crippen molar-refractivity contribution >= 4 is 11.6 Å². The largest absolute Gasteiger partial charge is 0.493 e. The molecule has 1 amide bonds. The number of nitrogens with zero attached hydrogens (tertiary/aromatic N) is 1. The van der Waals surface area contributed by atoms with E-state index in [0.717, 1.165) is 48.2 Å². The summed E-state index contributed by atoms with van der Waals surface area (Å²) in [6.07, 6.45) is 4.72. The van der Waals surface area contributed by atoms with E-state index in [0.29, 0.717) is 35.8 Å². The van der Waals surface area contributed by atoms with Crippen molar-refractivity contribution in [1.82, 2.24) is 5.32 Å². The number of hydrogen-bond acceptors (Lipinski definition) is 6. The summed E-state index contributed by atoms with van der Waals surface area (Å²) in [5.74, 6) is 1.56. The molecule has 1 aliphatic carbocycles. The van der Waals surface area contributed by atoms with E-state index in [1.165, 1.54) is 13.3 Å². The van der Waals surface area contributed by atoms with E-state index < -0.39 is 0 Å². The van der Waals surface area contributed by atoms with Crippen LogP contribution in [0, 0.1) is 0 Å². The van der Waals surface area contributed by atoms with Gasteiger partial charge in [-0.3, -0.25) is 9.59 Å². The molecule has 1 fully saturated rings. The molecule has 1 heterocycles. The molecule has 1 unspecified atom stereocenters. The normalized spacial score (nSPS) is 17.3. The molecule has 0 saturated carbocycles. The Labute approximate surface area is 194 Å². The van der Waals surface area contributed by atoms with Gasteiger partial charge >= 0.3 is 0 Å². The van der Waals surface area contributed by atoms with Gasteiger partial charge in [-0.15, -0.1) is 0 Å². The lowest BCUT2D eigenvalue weighted by molar-refractivity contribution is -0.119. The molecule has 0 aromatic heterocycles. The minimum absolute atomic E-state index is 0.0208. The minimum atomic E-state index is -0.229. The molecular weight excluding hydrogens is 420 g/mol. The number of aryl methyl sites for hydroxylation is 1. The third kappa shape index (κ3) is 4.36. The number of nitrogens with one attached hydrogen (secondary N) is 1. The van der Waals surface area contributed by atoms with Crippen molar-refractivity contribution in [2.45, 2.75) is 45.1 Å². The number of anilines is 1. The Hall–Kier alpha value is -3.22. The van der Waals surface area contributed by atoms with Gasteiger partial charge in [-0.1, -0.05) is 6.07 Å². The summed E-state index contributed by atoms with van der Waals surface area (Å²) in [4.78, 5) is 27.4. The van der Waals surface area contributed by atoms with Gasteiger partial charge in [0, 0.05) is 25.6 Å². The zero-order chi connectivity index (χ0) is 23.5. The number of ether oxygens (including phenoxy) is 3.